The molecule has 21 heavy (non-hydrogen) atoms. The smallest absolute Gasteiger partial charge is 0.333 e. The zero-order valence-corrected chi connectivity index (χ0v) is 12.6. The number of ether oxygens (including phenoxy) is 2. The van der Waals surface area contributed by atoms with Crippen LogP contribution in [0.25, 0.3) is 0 Å². The number of rotatable bonds is 6. The van der Waals surface area contributed by atoms with Gasteiger partial charge in [-0.25, -0.2) is 9.59 Å². The summed E-state index contributed by atoms with van der Waals surface area (Å²) in [4.78, 5) is 21.2. The summed E-state index contributed by atoms with van der Waals surface area (Å²) in [5, 5.41) is 0. The van der Waals surface area contributed by atoms with Gasteiger partial charge in [-0.05, 0) is 18.9 Å². The monoisotopic (exact) mass is 290 g/mol. The topological polar surface area (TPSA) is 52.6 Å². The summed E-state index contributed by atoms with van der Waals surface area (Å²) in [7, 11) is 0. The average molecular weight is 290 g/mol. The Labute approximate surface area is 126 Å². The van der Waals surface area contributed by atoms with Crippen LogP contribution in [0.5, 0.6) is 0 Å². The molecule has 0 radical (unpaired) electrons. The number of benzene rings is 1. The Balaban J connectivity index is 0.000000400. The minimum atomic E-state index is -0.390. The first-order valence-corrected chi connectivity index (χ1v) is 6.67. The number of hydrogen-bond acceptors (Lipinski definition) is 4. The van der Waals surface area contributed by atoms with Crippen molar-refractivity contribution in [1.29, 1.82) is 0 Å². The van der Waals surface area contributed by atoms with E-state index in [1.165, 1.54) is 0 Å². The molecule has 4 nitrogen and oxygen atoms in total. The molecule has 1 aromatic carbocycles. The maximum atomic E-state index is 10.6. The number of carbonyl (C=O) groups is 2. The molecule has 0 saturated carbocycles. The molecule has 0 amide bonds. The summed E-state index contributed by atoms with van der Waals surface area (Å²) in [6.07, 6.45) is 2.02. The lowest BCUT2D eigenvalue weighted by Crippen LogP contribution is -2.04. The Morgan fingerprint density at radius 2 is 1.81 bits per heavy atom. The highest BCUT2D eigenvalue weighted by molar-refractivity contribution is 5.86. The molecule has 0 heterocycles. The van der Waals surface area contributed by atoms with Crippen LogP contribution in [0, 0.1) is 0 Å². The van der Waals surface area contributed by atoms with Crippen molar-refractivity contribution >= 4 is 11.9 Å². The van der Waals surface area contributed by atoms with Crippen molar-refractivity contribution in [3.8, 4) is 0 Å². The molecule has 0 aliphatic rings. The summed E-state index contributed by atoms with van der Waals surface area (Å²) in [6.45, 7) is 11.1. The molecule has 0 aliphatic carbocycles. The molecule has 0 saturated heterocycles. The van der Waals surface area contributed by atoms with Gasteiger partial charge in [0.25, 0.3) is 0 Å². The van der Waals surface area contributed by atoms with Crippen LogP contribution >= 0.6 is 0 Å². The second kappa shape index (κ2) is 11.5. The van der Waals surface area contributed by atoms with Gasteiger partial charge in [0.05, 0.1) is 6.61 Å². The van der Waals surface area contributed by atoms with Gasteiger partial charge in [-0.15, -0.1) is 0 Å². The molecule has 0 bridgehead atoms. The first-order chi connectivity index (χ1) is 10.0. The molecule has 0 unspecified atom stereocenters. The van der Waals surface area contributed by atoms with Gasteiger partial charge in [-0.3, -0.25) is 0 Å². The van der Waals surface area contributed by atoms with E-state index in [4.69, 9.17) is 9.47 Å². The predicted octanol–water partition coefficient (Wildman–Crippen LogP) is 3.43. The summed E-state index contributed by atoms with van der Waals surface area (Å²) < 4.78 is 9.53. The highest BCUT2D eigenvalue weighted by Crippen LogP contribution is 2.00. The Morgan fingerprint density at radius 3 is 2.29 bits per heavy atom. The van der Waals surface area contributed by atoms with Crippen LogP contribution in [0.1, 0.15) is 25.8 Å². The third-order valence-electron chi connectivity index (χ3n) is 2.18. The Hall–Kier alpha value is -2.36. The predicted molar refractivity (Wildman–Crippen MR) is 82.5 cm³/mol. The second-order valence-electron chi connectivity index (χ2n) is 4.21. The van der Waals surface area contributed by atoms with Crippen molar-refractivity contribution in [3.63, 3.8) is 0 Å². The Kier molecular flexibility index (Phi) is 10.2. The zero-order chi connectivity index (χ0) is 16.1. The summed E-state index contributed by atoms with van der Waals surface area (Å²) in [5.74, 6) is -0.685. The fraction of sp³-hybridized carbons (Fsp3) is 0.294. The zero-order valence-electron chi connectivity index (χ0n) is 12.6. The maximum Gasteiger partial charge on any atom is 0.333 e. The summed E-state index contributed by atoms with van der Waals surface area (Å²) in [6, 6.07) is 9.51. The van der Waals surface area contributed by atoms with Crippen molar-refractivity contribution in [3.05, 3.63) is 60.7 Å². The molecule has 0 atom stereocenters. The molecule has 114 valence electrons. The van der Waals surface area contributed by atoms with Gasteiger partial charge in [0.1, 0.15) is 6.61 Å². The van der Waals surface area contributed by atoms with Gasteiger partial charge in [0.2, 0.25) is 0 Å². The molecule has 0 aliphatic heterocycles. The lowest BCUT2D eigenvalue weighted by molar-refractivity contribution is -0.139. The van der Waals surface area contributed by atoms with Crippen LogP contribution in [0.2, 0.25) is 0 Å². The largest absolute Gasteiger partial charge is 0.462 e. The third kappa shape index (κ3) is 10.1. The molecule has 4 heteroatoms. The number of carbonyl (C=O) groups excluding carboxylic acids is 2. The van der Waals surface area contributed by atoms with Crippen molar-refractivity contribution in [1.82, 2.24) is 0 Å². The first kappa shape index (κ1) is 18.6. The average Bonchev–Trinajstić information content (AvgIpc) is 2.51. The Morgan fingerprint density at radius 1 is 1.19 bits per heavy atom. The highest BCUT2D eigenvalue weighted by Gasteiger charge is 1.99. The molecular weight excluding hydrogens is 268 g/mol. The van der Waals surface area contributed by atoms with Crippen molar-refractivity contribution < 1.29 is 19.1 Å². The van der Waals surface area contributed by atoms with Crippen LogP contribution in [-0.2, 0) is 25.7 Å². The third-order valence-corrected chi connectivity index (χ3v) is 2.18. The van der Waals surface area contributed by atoms with E-state index in [1.54, 1.807) is 6.92 Å². The van der Waals surface area contributed by atoms with Gasteiger partial charge in [-0.2, -0.15) is 0 Å². The van der Waals surface area contributed by atoms with E-state index < -0.39 is 0 Å². The van der Waals surface area contributed by atoms with Gasteiger partial charge >= 0.3 is 11.9 Å². The van der Waals surface area contributed by atoms with Gasteiger partial charge in [0, 0.05) is 11.6 Å². The lowest BCUT2D eigenvalue weighted by atomic mass is 10.2. The van der Waals surface area contributed by atoms with Gasteiger partial charge < -0.3 is 9.47 Å². The first-order valence-electron chi connectivity index (χ1n) is 6.67. The fourth-order valence-corrected chi connectivity index (χ4v) is 1.11. The minimum Gasteiger partial charge on any atom is -0.462 e. The van der Waals surface area contributed by atoms with E-state index in [0.29, 0.717) is 18.8 Å². The molecule has 0 aromatic heterocycles. The molecule has 1 aromatic rings. The maximum absolute atomic E-state index is 10.6. The molecule has 1 rings (SSSR count). The van der Waals surface area contributed by atoms with E-state index in [-0.39, 0.29) is 11.9 Å². The Bertz CT molecular complexity index is 463. The number of hydrogen-bond donors (Lipinski definition) is 0. The molecule has 0 spiro atoms. The minimum absolute atomic E-state index is 0.295. The van der Waals surface area contributed by atoms with Gasteiger partial charge in [-0.1, -0.05) is 50.4 Å². The molecule has 0 N–H and O–H groups in total. The standard InChI is InChI=1S/C10H10O2.C7H12O2/c1-2-10(11)12-8-9-6-4-3-5-7-9;1-4-5-9-7(8)6(2)3/h2-7H,1,8H2;2,4-5H2,1,3H3. The van der Waals surface area contributed by atoms with E-state index >= 15 is 0 Å². The SMILES string of the molecule is C=C(C)C(=O)OCCC.C=CC(=O)OCc1ccccc1. The highest BCUT2D eigenvalue weighted by atomic mass is 16.5. The van der Waals surface area contributed by atoms with Crippen molar-refractivity contribution in [2.24, 2.45) is 0 Å². The normalized spacial score (nSPS) is 8.86. The quantitative estimate of drug-likeness (QED) is 0.595. The van der Waals surface area contributed by atoms with Crippen molar-refractivity contribution in [2.75, 3.05) is 6.61 Å². The van der Waals surface area contributed by atoms with Crippen LogP contribution in [0.3, 0.4) is 0 Å². The van der Waals surface area contributed by atoms with E-state index in [1.807, 2.05) is 37.3 Å². The van der Waals surface area contributed by atoms with Gasteiger partial charge in [0.15, 0.2) is 0 Å². The van der Waals surface area contributed by atoms with Crippen LogP contribution in [0.4, 0.5) is 0 Å². The second-order valence-corrected chi connectivity index (χ2v) is 4.21. The van der Waals surface area contributed by atoms with E-state index in [2.05, 4.69) is 13.2 Å². The summed E-state index contributed by atoms with van der Waals surface area (Å²) >= 11 is 0. The van der Waals surface area contributed by atoms with E-state index in [0.717, 1.165) is 18.1 Å². The summed E-state index contributed by atoms with van der Waals surface area (Å²) in [5.41, 5.74) is 1.44. The van der Waals surface area contributed by atoms with Crippen molar-refractivity contribution in [2.45, 2.75) is 26.9 Å². The van der Waals surface area contributed by atoms with Crippen LogP contribution in [-0.4, -0.2) is 18.5 Å². The molecular formula is C17H22O4. The molecule has 0 fully saturated rings. The van der Waals surface area contributed by atoms with Crippen LogP contribution < -0.4 is 0 Å². The van der Waals surface area contributed by atoms with Crippen LogP contribution in [0.15, 0.2) is 55.1 Å². The lowest BCUT2D eigenvalue weighted by Gasteiger charge is -2.00. The number of esters is 2. The fourth-order valence-electron chi connectivity index (χ4n) is 1.11. The van der Waals surface area contributed by atoms with E-state index in [9.17, 15) is 9.59 Å².